The minimum absolute atomic E-state index is 0.0218. The molecule has 10 nitrogen and oxygen atoms in total. The fraction of sp³-hybridized carbons (Fsp3) is 0.750. The summed E-state index contributed by atoms with van der Waals surface area (Å²) in [5, 5.41) is 41.9. The number of hydrogen-bond acceptors (Lipinski definition) is 5. The van der Waals surface area contributed by atoms with E-state index < -0.39 is 65.8 Å². The third kappa shape index (κ3) is 2.82. The van der Waals surface area contributed by atoms with Gasteiger partial charge in [-0.3, -0.25) is 19.7 Å². The van der Waals surface area contributed by atoms with Gasteiger partial charge >= 0.3 is 24.0 Å². The van der Waals surface area contributed by atoms with Gasteiger partial charge in [0.15, 0.2) is 6.17 Å². The highest BCUT2D eigenvalue weighted by molar-refractivity contribution is 5.78. The molecule has 8 unspecified atom stereocenters. The minimum atomic E-state index is -1.27. The van der Waals surface area contributed by atoms with E-state index in [0.717, 1.165) is 0 Å². The topological polar surface area (TPSA) is 166 Å². The van der Waals surface area contributed by atoms with Gasteiger partial charge in [0, 0.05) is 18.4 Å². The van der Waals surface area contributed by atoms with Crippen LogP contribution in [-0.2, 0) is 14.4 Å². The summed E-state index contributed by atoms with van der Waals surface area (Å²) in [5.74, 6) is -8.40. The van der Waals surface area contributed by atoms with E-state index in [1.54, 1.807) is 0 Å². The maximum Gasteiger partial charge on any atom is 0.513 e. The van der Waals surface area contributed by atoms with E-state index >= 15 is 0 Å². The number of hydrogen-bond donors (Lipinski definition) is 6. The van der Waals surface area contributed by atoms with Crippen LogP contribution in [0, 0.1) is 29.6 Å². The van der Waals surface area contributed by atoms with Crippen molar-refractivity contribution in [1.82, 2.24) is 5.32 Å². The lowest BCUT2D eigenvalue weighted by molar-refractivity contribution is -0.904. The van der Waals surface area contributed by atoms with Crippen molar-refractivity contribution in [2.75, 3.05) is 6.54 Å². The van der Waals surface area contributed by atoms with Crippen LogP contribution in [0.15, 0.2) is 0 Å². The van der Waals surface area contributed by atoms with Gasteiger partial charge in [0.25, 0.3) is 0 Å². The van der Waals surface area contributed by atoms with E-state index in [1.165, 1.54) is 0 Å². The maximum atomic E-state index is 12.1. The summed E-state index contributed by atoms with van der Waals surface area (Å²) in [7, 11) is 0. The van der Waals surface area contributed by atoms with Crippen molar-refractivity contribution >= 4 is 24.0 Å². The Morgan fingerprint density at radius 1 is 0.846 bits per heavy atom. The summed E-state index contributed by atoms with van der Waals surface area (Å²) >= 11 is 0. The average molecular weight is 371 g/mol. The highest BCUT2D eigenvalue weighted by atomic mass is 16.4. The highest BCUT2D eigenvalue weighted by Gasteiger charge is 2.65. The molecular formula is C16H23N2O8+. The molecule has 1 aliphatic carbocycles. The van der Waals surface area contributed by atoms with Crippen molar-refractivity contribution in [2.45, 2.75) is 37.9 Å². The zero-order chi connectivity index (χ0) is 19.2. The quantitative estimate of drug-likeness (QED) is 0.356. The second kappa shape index (κ2) is 6.84. The van der Waals surface area contributed by atoms with Gasteiger partial charge < -0.3 is 20.4 Å². The van der Waals surface area contributed by atoms with Gasteiger partial charge in [-0.25, -0.2) is 4.90 Å². The Hall–Kier alpha value is -2.20. The summed E-state index contributed by atoms with van der Waals surface area (Å²) in [6.45, 7) is 0.516. The summed E-state index contributed by atoms with van der Waals surface area (Å²) < 4.78 is 0. The number of aliphatic carboxylic acids is 3. The number of carboxylic acid groups (broad SMARTS) is 4. The van der Waals surface area contributed by atoms with Crippen molar-refractivity contribution in [3.8, 4) is 0 Å². The fourth-order valence-corrected chi connectivity index (χ4v) is 5.47. The van der Waals surface area contributed by atoms with E-state index in [9.17, 15) is 39.6 Å². The van der Waals surface area contributed by atoms with Crippen LogP contribution < -0.4 is 10.2 Å². The first-order valence-electron chi connectivity index (χ1n) is 8.77. The van der Waals surface area contributed by atoms with Crippen LogP contribution in [0.25, 0.3) is 0 Å². The smallest absolute Gasteiger partial charge is 0.481 e. The van der Waals surface area contributed by atoms with Gasteiger partial charge in [0.05, 0.1) is 11.8 Å². The lowest BCUT2D eigenvalue weighted by Gasteiger charge is -2.53. The summed E-state index contributed by atoms with van der Waals surface area (Å²) in [4.78, 5) is 47.6. The van der Waals surface area contributed by atoms with Gasteiger partial charge in [-0.2, -0.15) is 4.79 Å². The molecule has 1 saturated carbocycles. The normalized spacial score (nSPS) is 42.2. The van der Waals surface area contributed by atoms with Crippen LogP contribution in [0.3, 0.4) is 0 Å². The molecule has 3 fully saturated rings. The van der Waals surface area contributed by atoms with E-state index in [2.05, 4.69) is 5.32 Å². The average Bonchev–Trinajstić information content (AvgIpc) is 2.57. The van der Waals surface area contributed by atoms with Gasteiger partial charge in [0.1, 0.15) is 12.0 Å². The molecule has 3 aliphatic rings. The van der Waals surface area contributed by atoms with E-state index in [4.69, 9.17) is 0 Å². The monoisotopic (exact) mass is 371 g/mol. The second-order valence-corrected chi connectivity index (χ2v) is 7.43. The fourth-order valence-electron chi connectivity index (χ4n) is 5.47. The lowest BCUT2D eigenvalue weighted by Crippen LogP contribution is -3.27. The third-order valence-corrected chi connectivity index (χ3v) is 6.34. The summed E-state index contributed by atoms with van der Waals surface area (Å²) in [6.07, 6.45) is -0.819. The first kappa shape index (κ1) is 18.6. The molecule has 8 atom stereocenters. The number of fused-ring (bicyclic) bond motifs is 2. The Balaban J connectivity index is 2.15. The van der Waals surface area contributed by atoms with Crippen molar-refractivity contribution in [2.24, 2.45) is 29.6 Å². The highest BCUT2D eigenvalue weighted by Crippen LogP contribution is 2.45. The second-order valence-electron chi connectivity index (χ2n) is 7.43. The van der Waals surface area contributed by atoms with Gasteiger partial charge in [-0.15, -0.1) is 0 Å². The number of quaternary nitrogens is 1. The van der Waals surface area contributed by atoms with Gasteiger partial charge in [-0.05, 0) is 25.7 Å². The molecule has 0 aromatic carbocycles. The predicted molar refractivity (Wildman–Crippen MR) is 83.4 cm³/mol. The minimum Gasteiger partial charge on any atom is -0.481 e. The molecule has 3 rings (SSSR count). The molecule has 2 aliphatic heterocycles. The van der Waals surface area contributed by atoms with Gasteiger partial charge in [-0.1, -0.05) is 0 Å². The number of rotatable bonds is 3. The molecule has 0 spiro atoms. The molecule has 0 radical (unpaired) electrons. The Morgan fingerprint density at radius 3 is 2.00 bits per heavy atom. The predicted octanol–water partition coefficient (Wildman–Crippen LogP) is -1.23. The van der Waals surface area contributed by atoms with Crippen LogP contribution in [0.1, 0.15) is 25.7 Å². The number of nitrogens with one attached hydrogen (secondary N) is 2. The van der Waals surface area contributed by atoms with Crippen molar-refractivity contribution in [3.05, 3.63) is 0 Å². The molecule has 2 heterocycles. The SMILES string of the molecule is O=C(O)C1CCC(C(=O)O)C2C1C(C(=O)O)C1CCCNC1[NH+]2C(=O)O. The Kier molecular flexibility index (Phi) is 4.89. The Labute approximate surface area is 148 Å². The molecule has 2 saturated heterocycles. The maximum absolute atomic E-state index is 12.1. The molecule has 0 aromatic rings. The van der Waals surface area contributed by atoms with E-state index in [-0.39, 0.29) is 17.7 Å². The molecule has 1 amide bonds. The number of carbonyl (C=O) groups is 4. The van der Waals surface area contributed by atoms with Crippen LogP contribution in [0.4, 0.5) is 4.79 Å². The molecule has 144 valence electrons. The Bertz CT molecular complexity index is 584. The number of amides is 1. The number of piperidine rings is 2. The van der Waals surface area contributed by atoms with Crippen molar-refractivity contribution in [1.29, 1.82) is 0 Å². The molecule has 0 aromatic heterocycles. The first-order chi connectivity index (χ1) is 12.3. The van der Waals surface area contributed by atoms with Crippen LogP contribution in [0.5, 0.6) is 0 Å². The Morgan fingerprint density at radius 2 is 1.46 bits per heavy atom. The zero-order valence-electron chi connectivity index (χ0n) is 14.0. The summed E-state index contributed by atoms with van der Waals surface area (Å²) in [6, 6.07) is -1.10. The van der Waals surface area contributed by atoms with E-state index in [1.807, 2.05) is 0 Å². The molecule has 6 N–H and O–H groups in total. The zero-order valence-corrected chi connectivity index (χ0v) is 14.0. The van der Waals surface area contributed by atoms with Crippen LogP contribution in [0.2, 0.25) is 0 Å². The first-order valence-corrected chi connectivity index (χ1v) is 8.77. The van der Waals surface area contributed by atoms with Crippen LogP contribution in [-0.4, -0.2) is 63.2 Å². The standard InChI is InChI=1S/C16H22N2O8/c19-13(20)7-3-4-8(14(21)22)11-9(7)10(15(23)24)6-2-1-5-17-12(6)18(11)16(25)26/h6-12,17H,1-5H2,(H,19,20)(H,21,22)(H,23,24)(H,25,26)/p+1. The number of carboxylic acids is 3. The van der Waals surface area contributed by atoms with Crippen molar-refractivity contribution < 1.29 is 44.5 Å². The molecule has 0 bridgehead atoms. The van der Waals surface area contributed by atoms with Crippen LogP contribution >= 0.6 is 0 Å². The van der Waals surface area contributed by atoms with Gasteiger partial charge in [0.2, 0.25) is 0 Å². The molecule has 26 heavy (non-hydrogen) atoms. The summed E-state index contributed by atoms with van der Waals surface area (Å²) in [5.41, 5.74) is 0. The third-order valence-electron chi connectivity index (χ3n) is 6.34. The molecular weight excluding hydrogens is 348 g/mol. The number of likely N-dealkylation sites (tertiary alicyclic amines) is 1. The lowest BCUT2D eigenvalue weighted by atomic mass is 9.58. The largest absolute Gasteiger partial charge is 0.513 e. The van der Waals surface area contributed by atoms with E-state index in [0.29, 0.717) is 19.4 Å². The molecule has 10 heteroatoms. The van der Waals surface area contributed by atoms with Crippen molar-refractivity contribution in [3.63, 3.8) is 0 Å².